The first-order valence-electron chi connectivity index (χ1n) is 5.91. The molecular formula is C15H12FN3. The summed E-state index contributed by atoms with van der Waals surface area (Å²) in [5.41, 5.74) is 7.93. The number of halogens is 1. The minimum atomic E-state index is -0.350. The van der Waals surface area contributed by atoms with Crippen LogP contribution in [0.1, 0.15) is 0 Å². The Labute approximate surface area is 110 Å². The lowest BCUT2D eigenvalue weighted by Gasteiger charge is -2.04. The predicted octanol–water partition coefficient (Wildman–Crippen LogP) is 3.26. The maximum Gasteiger partial charge on any atom is 0.148 e. The molecule has 0 radical (unpaired) electrons. The molecule has 0 fully saturated rings. The Morgan fingerprint density at radius 1 is 0.947 bits per heavy atom. The van der Waals surface area contributed by atoms with Crippen molar-refractivity contribution in [2.45, 2.75) is 0 Å². The number of nitrogens with zero attached hydrogens (tertiary/aromatic N) is 2. The van der Waals surface area contributed by atoms with Crippen molar-refractivity contribution >= 4 is 5.82 Å². The number of para-hydroxylation sites is 1. The largest absolute Gasteiger partial charge is 0.384 e. The van der Waals surface area contributed by atoms with Gasteiger partial charge in [0.25, 0.3) is 0 Å². The first kappa shape index (κ1) is 11.5. The number of hydrogen-bond donors (Lipinski definition) is 1. The van der Waals surface area contributed by atoms with Crippen molar-refractivity contribution in [1.29, 1.82) is 0 Å². The van der Waals surface area contributed by atoms with Crippen molar-refractivity contribution in [3.8, 4) is 16.9 Å². The van der Waals surface area contributed by atoms with Gasteiger partial charge in [0.15, 0.2) is 0 Å². The van der Waals surface area contributed by atoms with Gasteiger partial charge < -0.3 is 5.73 Å². The second-order valence-corrected chi connectivity index (χ2v) is 4.18. The molecule has 2 N–H and O–H groups in total. The number of anilines is 1. The Morgan fingerprint density at radius 3 is 2.37 bits per heavy atom. The maximum absolute atomic E-state index is 13.8. The number of nitrogens with two attached hydrogens (primary N) is 1. The van der Waals surface area contributed by atoms with E-state index in [9.17, 15) is 4.39 Å². The third-order valence-electron chi connectivity index (χ3n) is 2.89. The zero-order chi connectivity index (χ0) is 13.2. The van der Waals surface area contributed by atoms with Gasteiger partial charge in [-0.3, -0.25) is 0 Å². The summed E-state index contributed by atoms with van der Waals surface area (Å²) in [6, 6.07) is 17.8. The summed E-state index contributed by atoms with van der Waals surface area (Å²) in [5, 5.41) is 4.36. The topological polar surface area (TPSA) is 43.8 Å². The summed E-state index contributed by atoms with van der Waals surface area (Å²) in [5.74, 6) is 0.0564. The molecule has 0 aliphatic rings. The molecule has 0 saturated carbocycles. The average Bonchev–Trinajstić information content (AvgIpc) is 2.82. The van der Waals surface area contributed by atoms with E-state index in [-0.39, 0.29) is 5.82 Å². The first-order chi connectivity index (χ1) is 9.25. The smallest absolute Gasteiger partial charge is 0.148 e. The number of hydrogen-bond acceptors (Lipinski definition) is 2. The number of aromatic nitrogens is 2. The third-order valence-corrected chi connectivity index (χ3v) is 2.89. The minimum absolute atomic E-state index is 0.349. The predicted molar refractivity (Wildman–Crippen MR) is 73.4 cm³/mol. The summed E-state index contributed by atoms with van der Waals surface area (Å²) in [6.07, 6.45) is 0. The minimum Gasteiger partial charge on any atom is -0.384 e. The highest BCUT2D eigenvalue weighted by Crippen LogP contribution is 2.23. The van der Waals surface area contributed by atoms with E-state index >= 15 is 0 Å². The fourth-order valence-corrected chi connectivity index (χ4v) is 1.96. The Hall–Kier alpha value is -2.62. The molecule has 0 bridgehead atoms. The molecule has 0 unspecified atom stereocenters. The molecule has 0 aliphatic heterocycles. The standard InChI is InChI=1S/C15H12FN3/c16-12-8-4-5-9-14(12)19-15(17)10-13(18-19)11-6-2-1-3-7-11/h1-10H,17H2. The molecule has 0 atom stereocenters. The Morgan fingerprint density at radius 2 is 1.63 bits per heavy atom. The normalized spacial score (nSPS) is 10.6. The second-order valence-electron chi connectivity index (χ2n) is 4.18. The van der Waals surface area contributed by atoms with Crippen LogP contribution < -0.4 is 5.73 Å². The van der Waals surface area contributed by atoms with E-state index in [0.717, 1.165) is 11.3 Å². The van der Waals surface area contributed by atoms with Gasteiger partial charge in [0.1, 0.15) is 17.3 Å². The van der Waals surface area contributed by atoms with Crippen molar-refractivity contribution in [3.63, 3.8) is 0 Å². The SMILES string of the molecule is Nc1cc(-c2ccccc2)nn1-c1ccccc1F. The van der Waals surface area contributed by atoms with Crippen LogP contribution in [-0.4, -0.2) is 9.78 Å². The van der Waals surface area contributed by atoms with Gasteiger partial charge in [-0.1, -0.05) is 42.5 Å². The third kappa shape index (κ3) is 2.08. The van der Waals surface area contributed by atoms with Gasteiger partial charge in [-0.25, -0.2) is 9.07 Å². The van der Waals surface area contributed by atoms with Crippen molar-refractivity contribution in [1.82, 2.24) is 9.78 Å². The lowest BCUT2D eigenvalue weighted by Crippen LogP contribution is -2.03. The zero-order valence-corrected chi connectivity index (χ0v) is 10.1. The second kappa shape index (κ2) is 4.57. The van der Waals surface area contributed by atoms with Crippen molar-refractivity contribution < 1.29 is 4.39 Å². The molecule has 2 aromatic carbocycles. The Balaban J connectivity index is 2.11. The van der Waals surface area contributed by atoms with Gasteiger partial charge in [-0.2, -0.15) is 5.10 Å². The zero-order valence-electron chi connectivity index (χ0n) is 10.1. The van der Waals surface area contributed by atoms with Gasteiger partial charge >= 0.3 is 0 Å². The molecule has 94 valence electrons. The monoisotopic (exact) mass is 253 g/mol. The van der Waals surface area contributed by atoms with Crippen LogP contribution in [-0.2, 0) is 0 Å². The lowest BCUT2D eigenvalue weighted by molar-refractivity contribution is 0.612. The molecule has 4 heteroatoms. The molecule has 3 rings (SSSR count). The molecular weight excluding hydrogens is 241 g/mol. The summed E-state index contributed by atoms with van der Waals surface area (Å²) < 4.78 is 15.2. The van der Waals surface area contributed by atoms with Gasteiger partial charge in [-0.05, 0) is 12.1 Å². The fourth-order valence-electron chi connectivity index (χ4n) is 1.96. The van der Waals surface area contributed by atoms with E-state index in [1.807, 2.05) is 30.3 Å². The van der Waals surface area contributed by atoms with Gasteiger partial charge in [0.2, 0.25) is 0 Å². The number of benzene rings is 2. The first-order valence-corrected chi connectivity index (χ1v) is 5.91. The van der Waals surface area contributed by atoms with Crippen LogP contribution in [0, 0.1) is 5.82 Å². The van der Waals surface area contributed by atoms with Crippen molar-refractivity contribution in [2.75, 3.05) is 5.73 Å². The molecule has 0 aliphatic carbocycles. The Kier molecular flexibility index (Phi) is 2.76. The molecule has 3 aromatic rings. The summed E-state index contributed by atoms with van der Waals surface area (Å²) in [4.78, 5) is 0. The molecule has 3 nitrogen and oxygen atoms in total. The van der Waals surface area contributed by atoms with Crippen molar-refractivity contribution in [2.24, 2.45) is 0 Å². The summed E-state index contributed by atoms with van der Waals surface area (Å²) in [6.45, 7) is 0. The average molecular weight is 253 g/mol. The van der Waals surface area contributed by atoms with E-state index in [1.54, 1.807) is 24.3 Å². The van der Waals surface area contributed by atoms with E-state index in [0.29, 0.717) is 11.5 Å². The molecule has 1 heterocycles. The van der Waals surface area contributed by atoms with Crippen LogP contribution in [0.2, 0.25) is 0 Å². The molecule has 0 amide bonds. The lowest BCUT2D eigenvalue weighted by atomic mass is 10.2. The van der Waals surface area contributed by atoms with Crippen LogP contribution in [0.3, 0.4) is 0 Å². The van der Waals surface area contributed by atoms with Crippen molar-refractivity contribution in [3.05, 3.63) is 66.5 Å². The number of rotatable bonds is 2. The maximum atomic E-state index is 13.8. The van der Waals surface area contributed by atoms with Crippen LogP contribution >= 0.6 is 0 Å². The highest BCUT2D eigenvalue weighted by atomic mass is 19.1. The van der Waals surface area contributed by atoms with Gasteiger partial charge in [-0.15, -0.1) is 0 Å². The van der Waals surface area contributed by atoms with Gasteiger partial charge in [0, 0.05) is 11.6 Å². The highest BCUT2D eigenvalue weighted by molar-refractivity contribution is 5.63. The molecule has 0 spiro atoms. The summed E-state index contributed by atoms with van der Waals surface area (Å²) >= 11 is 0. The Bertz CT molecular complexity index is 704. The highest BCUT2D eigenvalue weighted by Gasteiger charge is 2.11. The van der Waals surface area contributed by atoms with Crippen LogP contribution in [0.5, 0.6) is 0 Å². The summed E-state index contributed by atoms with van der Waals surface area (Å²) in [7, 11) is 0. The van der Waals surface area contributed by atoms with E-state index in [2.05, 4.69) is 5.10 Å². The van der Waals surface area contributed by atoms with E-state index in [4.69, 9.17) is 5.73 Å². The van der Waals surface area contributed by atoms with Crippen LogP contribution in [0.4, 0.5) is 10.2 Å². The van der Waals surface area contributed by atoms with Crippen LogP contribution in [0.25, 0.3) is 16.9 Å². The van der Waals surface area contributed by atoms with Crippen LogP contribution in [0.15, 0.2) is 60.7 Å². The quantitative estimate of drug-likeness (QED) is 0.761. The number of nitrogen functional groups attached to an aromatic ring is 1. The molecule has 1 aromatic heterocycles. The fraction of sp³-hybridized carbons (Fsp3) is 0. The van der Waals surface area contributed by atoms with E-state index in [1.165, 1.54) is 10.7 Å². The van der Waals surface area contributed by atoms with E-state index < -0.39 is 0 Å². The molecule has 0 saturated heterocycles. The van der Waals surface area contributed by atoms with Gasteiger partial charge in [0.05, 0.1) is 5.69 Å². The molecule has 19 heavy (non-hydrogen) atoms.